The van der Waals surface area contributed by atoms with Crippen LogP contribution < -0.4 is 10.1 Å². The van der Waals surface area contributed by atoms with Crippen molar-refractivity contribution in [2.45, 2.75) is 52.6 Å². The van der Waals surface area contributed by atoms with Gasteiger partial charge in [0.05, 0.1) is 6.61 Å². The lowest BCUT2D eigenvalue weighted by atomic mass is 10.0. The molecule has 0 bridgehead atoms. The lowest BCUT2D eigenvalue weighted by Crippen LogP contribution is -2.51. The summed E-state index contributed by atoms with van der Waals surface area (Å²) in [5.74, 6) is 0.845. The molecule has 3 aromatic rings. The van der Waals surface area contributed by atoms with Crippen molar-refractivity contribution in [1.82, 2.24) is 10.2 Å². The summed E-state index contributed by atoms with van der Waals surface area (Å²) < 4.78 is 5.83. The molecule has 37 heavy (non-hydrogen) atoms. The molecule has 0 saturated heterocycles. The van der Waals surface area contributed by atoms with Crippen LogP contribution in [0.1, 0.15) is 43.4 Å². The van der Waals surface area contributed by atoms with Crippen LogP contribution in [-0.4, -0.2) is 35.9 Å². The molecule has 3 rings (SSSR count). The molecule has 0 fully saturated rings. The standard InChI is InChI=1S/C31H37ClN2O3/c1-23(2)21-33-31(36)29(20-25-9-5-4-6-10-25)34(22-26-11-7-12-27(32)19-26)30(35)13-8-18-37-28-16-14-24(3)15-17-28/h4-7,9-12,14-17,19,23,29H,8,13,18,20-22H2,1-3H3,(H,33,36)/t29-/m1/s1. The first-order valence-corrected chi connectivity index (χ1v) is 13.2. The van der Waals surface area contributed by atoms with Crippen LogP contribution in [0.25, 0.3) is 0 Å². The van der Waals surface area contributed by atoms with Gasteiger partial charge in [0.25, 0.3) is 0 Å². The van der Waals surface area contributed by atoms with Gasteiger partial charge in [0.2, 0.25) is 11.8 Å². The Balaban J connectivity index is 1.78. The predicted molar refractivity (Wildman–Crippen MR) is 150 cm³/mol. The van der Waals surface area contributed by atoms with E-state index in [-0.39, 0.29) is 18.2 Å². The number of benzene rings is 3. The number of hydrogen-bond acceptors (Lipinski definition) is 3. The number of ether oxygens (including phenoxy) is 1. The first kappa shape index (κ1) is 28.3. The third-order valence-corrected chi connectivity index (χ3v) is 6.26. The van der Waals surface area contributed by atoms with Crippen molar-refractivity contribution in [3.8, 4) is 5.75 Å². The normalized spacial score (nSPS) is 11.7. The Hall–Kier alpha value is -3.31. The minimum atomic E-state index is -0.648. The Labute approximate surface area is 225 Å². The SMILES string of the molecule is Cc1ccc(OCCCC(=O)N(Cc2cccc(Cl)c2)[C@H](Cc2ccccc2)C(=O)NCC(C)C)cc1. The first-order valence-electron chi connectivity index (χ1n) is 12.9. The predicted octanol–water partition coefficient (Wildman–Crippen LogP) is 6.22. The van der Waals surface area contributed by atoms with E-state index in [4.69, 9.17) is 16.3 Å². The van der Waals surface area contributed by atoms with Crippen LogP contribution in [0, 0.1) is 12.8 Å². The second kappa shape index (κ2) is 14.4. The molecule has 2 amide bonds. The van der Waals surface area contributed by atoms with Crippen molar-refractivity contribution < 1.29 is 14.3 Å². The number of aryl methyl sites for hydroxylation is 1. The molecular weight excluding hydrogens is 484 g/mol. The van der Waals surface area contributed by atoms with Gasteiger partial charge in [0, 0.05) is 31.0 Å². The molecule has 0 aliphatic heterocycles. The summed E-state index contributed by atoms with van der Waals surface area (Å²) in [5, 5.41) is 3.64. The van der Waals surface area contributed by atoms with E-state index in [0.717, 1.165) is 16.9 Å². The van der Waals surface area contributed by atoms with Gasteiger partial charge in [-0.25, -0.2) is 0 Å². The number of amides is 2. The fraction of sp³-hybridized carbons (Fsp3) is 0.355. The molecule has 196 valence electrons. The van der Waals surface area contributed by atoms with Gasteiger partial charge in [-0.3, -0.25) is 9.59 Å². The highest BCUT2D eigenvalue weighted by Gasteiger charge is 2.30. The van der Waals surface area contributed by atoms with Crippen molar-refractivity contribution >= 4 is 23.4 Å². The van der Waals surface area contributed by atoms with Crippen molar-refractivity contribution in [2.24, 2.45) is 5.92 Å². The molecule has 0 heterocycles. The number of nitrogens with zero attached hydrogens (tertiary/aromatic N) is 1. The fourth-order valence-corrected chi connectivity index (χ4v) is 4.21. The molecule has 0 spiro atoms. The van der Waals surface area contributed by atoms with Crippen molar-refractivity contribution in [3.05, 3.63) is 101 Å². The van der Waals surface area contributed by atoms with Gasteiger partial charge in [-0.05, 0) is 54.7 Å². The van der Waals surface area contributed by atoms with Crippen LogP contribution in [0.5, 0.6) is 5.75 Å². The Morgan fingerprint density at radius 3 is 2.32 bits per heavy atom. The van der Waals surface area contributed by atoms with Gasteiger partial charge < -0.3 is 15.0 Å². The second-order valence-corrected chi connectivity index (χ2v) is 10.2. The molecule has 0 aliphatic rings. The van der Waals surface area contributed by atoms with Crippen molar-refractivity contribution in [3.63, 3.8) is 0 Å². The zero-order valence-corrected chi connectivity index (χ0v) is 22.7. The van der Waals surface area contributed by atoms with Crippen molar-refractivity contribution in [1.29, 1.82) is 0 Å². The van der Waals surface area contributed by atoms with Crippen LogP contribution in [0.2, 0.25) is 5.02 Å². The number of carbonyl (C=O) groups excluding carboxylic acids is 2. The van der Waals surface area contributed by atoms with E-state index in [1.54, 1.807) is 11.0 Å². The minimum absolute atomic E-state index is 0.0897. The van der Waals surface area contributed by atoms with Gasteiger partial charge in [-0.2, -0.15) is 0 Å². The highest BCUT2D eigenvalue weighted by molar-refractivity contribution is 6.30. The average molecular weight is 521 g/mol. The summed E-state index contributed by atoms with van der Waals surface area (Å²) in [5.41, 5.74) is 3.05. The zero-order valence-electron chi connectivity index (χ0n) is 22.0. The summed E-state index contributed by atoms with van der Waals surface area (Å²) in [4.78, 5) is 28.8. The molecule has 0 saturated carbocycles. The molecule has 3 aromatic carbocycles. The fourth-order valence-electron chi connectivity index (χ4n) is 4.00. The average Bonchev–Trinajstić information content (AvgIpc) is 2.88. The van der Waals surface area contributed by atoms with Crippen LogP contribution in [0.3, 0.4) is 0 Å². The van der Waals surface area contributed by atoms with E-state index in [2.05, 4.69) is 19.2 Å². The second-order valence-electron chi connectivity index (χ2n) is 9.76. The van der Waals surface area contributed by atoms with Crippen LogP contribution in [-0.2, 0) is 22.6 Å². The Morgan fingerprint density at radius 2 is 1.65 bits per heavy atom. The summed E-state index contributed by atoms with van der Waals surface area (Å²) in [6, 6.07) is 24.5. The summed E-state index contributed by atoms with van der Waals surface area (Å²) >= 11 is 6.24. The van der Waals surface area contributed by atoms with Gasteiger partial charge >= 0.3 is 0 Å². The van der Waals surface area contributed by atoms with E-state index in [1.807, 2.05) is 79.7 Å². The van der Waals surface area contributed by atoms with Gasteiger partial charge in [-0.1, -0.05) is 85.6 Å². The number of nitrogens with one attached hydrogen (secondary N) is 1. The third-order valence-electron chi connectivity index (χ3n) is 6.02. The largest absolute Gasteiger partial charge is 0.494 e. The smallest absolute Gasteiger partial charge is 0.243 e. The Morgan fingerprint density at radius 1 is 0.946 bits per heavy atom. The number of hydrogen-bond donors (Lipinski definition) is 1. The lowest BCUT2D eigenvalue weighted by molar-refractivity contribution is -0.141. The highest BCUT2D eigenvalue weighted by Crippen LogP contribution is 2.19. The summed E-state index contributed by atoms with van der Waals surface area (Å²) in [6.07, 6.45) is 1.25. The molecule has 0 unspecified atom stereocenters. The lowest BCUT2D eigenvalue weighted by Gasteiger charge is -2.32. The molecule has 6 heteroatoms. The van der Waals surface area contributed by atoms with Gasteiger partial charge in [0.1, 0.15) is 11.8 Å². The monoisotopic (exact) mass is 520 g/mol. The van der Waals surface area contributed by atoms with Crippen LogP contribution in [0.4, 0.5) is 0 Å². The maximum atomic E-state index is 13.6. The van der Waals surface area contributed by atoms with E-state index >= 15 is 0 Å². The van der Waals surface area contributed by atoms with Crippen LogP contribution >= 0.6 is 11.6 Å². The Bertz CT molecular complexity index is 1130. The quantitative estimate of drug-likeness (QED) is 0.272. The molecule has 0 radical (unpaired) electrons. The summed E-state index contributed by atoms with van der Waals surface area (Å²) in [7, 11) is 0. The molecule has 1 atom stereocenters. The molecule has 0 aromatic heterocycles. The van der Waals surface area contributed by atoms with Crippen molar-refractivity contribution in [2.75, 3.05) is 13.2 Å². The summed E-state index contributed by atoms with van der Waals surface area (Å²) in [6.45, 7) is 7.40. The zero-order chi connectivity index (χ0) is 26.6. The Kier molecular flexibility index (Phi) is 11.0. The maximum Gasteiger partial charge on any atom is 0.243 e. The molecule has 5 nitrogen and oxygen atoms in total. The van der Waals surface area contributed by atoms with E-state index in [1.165, 1.54) is 5.56 Å². The van der Waals surface area contributed by atoms with E-state index in [9.17, 15) is 9.59 Å². The van der Waals surface area contributed by atoms with E-state index in [0.29, 0.717) is 43.5 Å². The molecular formula is C31H37ClN2O3. The topological polar surface area (TPSA) is 58.6 Å². The number of rotatable bonds is 13. The van der Waals surface area contributed by atoms with Crippen LogP contribution in [0.15, 0.2) is 78.9 Å². The number of halogens is 1. The van der Waals surface area contributed by atoms with E-state index < -0.39 is 6.04 Å². The number of carbonyl (C=O) groups is 2. The minimum Gasteiger partial charge on any atom is -0.494 e. The first-order chi connectivity index (χ1) is 17.8. The van der Waals surface area contributed by atoms with Gasteiger partial charge in [0.15, 0.2) is 0 Å². The van der Waals surface area contributed by atoms with Gasteiger partial charge in [-0.15, -0.1) is 0 Å². The highest BCUT2D eigenvalue weighted by atomic mass is 35.5. The maximum absolute atomic E-state index is 13.6. The molecule has 0 aliphatic carbocycles. The third kappa shape index (κ3) is 9.58. The molecule has 1 N–H and O–H groups in total.